The third-order valence-electron chi connectivity index (χ3n) is 4.03. The standard InChI is InChI=1S/C17H12N4O3S/c18-16-12(17-19-13-3-1-2-4-14(13)25-17)9-15(22)20(16)10-5-7-11(8-6-10)21(23)24/h1-8,18-19H,9H2/b17-12-,18-16?. The van der Waals surface area contributed by atoms with Gasteiger partial charge in [0.05, 0.1) is 27.7 Å². The minimum absolute atomic E-state index is 0.0519. The lowest BCUT2D eigenvalue weighted by Gasteiger charge is -2.15. The van der Waals surface area contributed by atoms with E-state index in [9.17, 15) is 14.9 Å². The van der Waals surface area contributed by atoms with E-state index in [2.05, 4.69) is 5.32 Å². The number of nitro groups is 1. The van der Waals surface area contributed by atoms with Gasteiger partial charge >= 0.3 is 0 Å². The van der Waals surface area contributed by atoms with Crippen LogP contribution in [0.4, 0.5) is 17.1 Å². The van der Waals surface area contributed by atoms with Gasteiger partial charge in [-0.2, -0.15) is 0 Å². The molecular weight excluding hydrogens is 340 g/mol. The van der Waals surface area contributed by atoms with Gasteiger partial charge in [0.15, 0.2) is 0 Å². The smallest absolute Gasteiger partial charge is 0.269 e. The maximum Gasteiger partial charge on any atom is 0.269 e. The molecule has 0 bridgehead atoms. The highest BCUT2D eigenvalue weighted by atomic mass is 32.2. The minimum atomic E-state index is -0.495. The molecule has 4 rings (SSSR count). The van der Waals surface area contributed by atoms with Crippen molar-refractivity contribution in [2.24, 2.45) is 0 Å². The molecule has 2 aliphatic rings. The number of rotatable bonds is 2. The summed E-state index contributed by atoms with van der Waals surface area (Å²) < 4.78 is 0. The Balaban J connectivity index is 1.65. The van der Waals surface area contributed by atoms with Crippen LogP contribution in [-0.4, -0.2) is 16.7 Å². The van der Waals surface area contributed by atoms with Crippen LogP contribution in [0.15, 0.2) is 64.0 Å². The van der Waals surface area contributed by atoms with Gasteiger partial charge in [-0.05, 0) is 24.3 Å². The Kier molecular flexibility index (Phi) is 3.54. The molecular formula is C17H12N4O3S. The van der Waals surface area contributed by atoms with Crippen LogP contribution in [0.1, 0.15) is 6.42 Å². The van der Waals surface area contributed by atoms with Gasteiger partial charge in [0.1, 0.15) is 5.84 Å². The first kappa shape index (κ1) is 15.4. The minimum Gasteiger partial charge on any atom is -0.349 e. The van der Waals surface area contributed by atoms with Gasteiger partial charge in [0.2, 0.25) is 5.91 Å². The van der Waals surface area contributed by atoms with Crippen LogP contribution in [-0.2, 0) is 4.79 Å². The Bertz CT molecular complexity index is 926. The number of amidine groups is 1. The quantitative estimate of drug-likeness (QED) is 0.633. The highest BCUT2D eigenvalue weighted by molar-refractivity contribution is 8.03. The number of anilines is 2. The van der Waals surface area contributed by atoms with Crippen LogP contribution in [0.5, 0.6) is 0 Å². The van der Waals surface area contributed by atoms with Gasteiger partial charge in [-0.1, -0.05) is 23.9 Å². The van der Waals surface area contributed by atoms with Crippen molar-refractivity contribution in [1.82, 2.24) is 0 Å². The molecule has 8 heteroatoms. The number of amides is 1. The van der Waals surface area contributed by atoms with Gasteiger partial charge in [-0.3, -0.25) is 25.2 Å². The van der Waals surface area contributed by atoms with Crippen molar-refractivity contribution >= 4 is 40.6 Å². The predicted molar refractivity (Wildman–Crippen MR) is 95.9 cm³/mol. The van der Waals surface area contributed by atoms with E-state index < -0.39 is 4.92 Å². The molecule has 1 amide bonds. The van der Waals surface area contributed by atoms with Crippen LogP contribution in [0.3, 0.4) is 0 Å². The number of hydrogen-bond acceptors (Lipinski definition) is 6. The number of nitro benzene ring substituents is 1. The zero-order chi connectivity index (χ0) is 17.6. The van der Waals surface area contributed by atoms with E-state index in [1.54, 1.807) is 0 Å². The fourth-order valence-corrected chi connectivity index (χ4v) is 3.86. The van der Waals surface area contributed by atoms with E-state index in [0.717, 1.165) is 15.6 Å². The molecule has 0 radical (unpaired) electrons. The van der Waals surface area contributed by atoms with Crippen molar-refractivity contribution < 1.29 is 9.72 Å². The molecule has 2 aromatic carbocycles. The van der Waals surface area contributed by atoms with E-state index in [0.29, 0.717) is 11.3 Å². The molecule has 2 heterocycles. The average Bonchev–Trinajstić information content (AvgIpc) is 3.15. The Morgan fingerprint density at radius 1 is 1.16 bits per heavy atom. The topological polar surface area (TPSA) is 99.3 Å². The lowest BCUT2D eigenvalue weighted by atomic mass is 10.2. The number of nitrogens with one attached hydrogen (secondary N) is 2. The summed E-state index contributed by atoms with van der Waals surface area (Å²) in [6.45, 7) is 0. The van der Waals surface area contributed by atoms with Crippen LogP contribution in [0.2, 0.25) is 0 Å². The summed E-state index contributed by atoms with van der Waals surface area (Å²) in [5, 5.41) is 23.2. The summed E-state index contributed by atoms with van der Waals surface area (Å²) >= 11 is 1.50. The molecule has 0 aliphatic carbocycles. The van der Waals surface area contributed by atoms with Crippen molar-refractivity contribution in [3.8, 4) is 0 Å². The first-order valence-electron chi connectivity index (χ1n) is 7.48. The van der Waals surface area contributed by atoms with E-state index >= 15 is 0 Å². The van der Waals surface area contributed by atoms with Gasteiger partial charge in [0.25, 0.3) is 5.69 Å². The molecule has 2 N–H and O–H groups in total. The second-order valence-electron chi connectivity index (χ2n) is 5.56. The van der Waals surface area contributed by atoms with Crippen molar-refractivity contribution in [1.29, 1.82) is 5.41 Å². The maximum absolute atomic E-state index is 12.4. The van der Waals surface area contributed by atoms with Crippen LogP contribution in [0, 0.1) is 15.5 Å². The Morgan fingerprint density at radius 3 is 2.56 bits per heavy atom. The summed E-state index contributed by atoms with van der Waals surface area (Å²) in [6.07, 6.45) is 0.124. The summed E-state index contributed by atoms with van der Waals surface area (Å²) in [5.41, 5.74) is 1.99. The highest BCUT2D eigenvalue weighted by Crippen LogP contribution is 2.44. The molecule has 25 heavy (non-hydrogen) atoms. The van der Waals surface area contributed by atoms with Crippen LogP contribution < -0.4 is 10.2 Å². The average molecular weight is 352 g/mol. The van der Waals surface area contributed by atoms with Crippen molar-refractivity contribution in [2.75, 3.05) is 10.2 Å². The van der Waals surface area contributed by atoms with Crippen molar-refractivity contribution in [3.63, 3.8) is 0 Å². The number of hydrogen-bond donors (Lipinski definition) is 2. The molecule has 1 fully saturated rings. The predicted octanol–water partition coefficient (Wildman–Crippen LogP) is 3.74. The van der Waals surface area contributed by atoms with Crippen molar-refractivity contribution in [2.45, 2.75) is 11.3 Å². The number of carbonyl (C=O) groups is 1. The van der Waals surface area contributed by atoms with Gasteiger partial charge in [0, 0.05) is 22.6 Å². The number of non-ortho nitro benzene ring substituents is 1. The molecule has 0 saturated carbocycles. The molecule has 2 aliphatic heterocycles. The summed E-state index contributed by atoms with van der Waals surface area (Å²) in [6, 6.07) is 13.4. The Hall–Kier alpha value is -3.13. The maximum atomic E-state index is 12.4. The summed E-state index contributed by atoms with van der Waals surface area (Å²) in [5.74, 6) is -0.124. The third kappa shape index (κ3) is 2.56. The van der Waals surface area contributed by atoms with E-state index in [-0.39, 0.29) is 23.9 Å². The molecule has 0 aromatic heterocycles. The number of para-hydroxylation sites is 1. The van der Waals surface area contributed by atoms with Gasteiger partial charge in [-0.25, -0.2) is 0 Å². The van der Waals surface area contributed by atoms with Gasteiger partial charge < -0.3 is 5.32 Å². The normalized spacial score (nSPS) is 19.1. The first-order valence-corrected chi connectivity index (χ1v) is 8.29. The molecule has 0 atom stereocenters. The first-order chi connectivity index (χ1) is 12.0. The van der Waals surface area contributed by atoms with Crippen LogP contribution in [0.25, 0.3) is 0 Å². The van der Waals surface area contributed by atoms with Crippen molar-refractivity contribution in [3.05, 3.63) is 69.2 Å². The van der Waals surface area contributed by atoms with Crippen LogP contribution >= 0.6 is 11.8 Å². The highest BCUT2D eigenvalue weighted by Gasteiger charge is 2.36. The number of fused-ring (bicyclic) bond motifs is 1. The number of carbonyl (C=O) groups excluding carboxylic acids is 1. The van der Waals surface area contributed by atoms with E-state index in [4.69, 9.17) is 5.41 Å². The molecule has 1 saturated heterocycles. The fraction of sp³-hybridized carbons (Fsp3) is 0.0588. The molecule has 124 valence electrons. The number of thioether (sulfide) groups is 1. The second-order valence-corrected chi connectivity index (χ2v) is 6.61. The molecule has 2 aromatic rings. The third-order valence-corrected chi connectivity index (χ3v) is 5.16. The zero-order valence-electron chi connectivity index (χ0n) is 12.9. The van der Waals surface area contributed by atoms with Gasteiger partial charge in [-0.15, -0.1) is 0 Å². The van der Waals surface area contributed by atoms with E-state index in [1.807, 2.05) is 24.3 Å². The SMILES string of the molecule is N=C1/C(=C2/Nc3ccccc3S2)CC(=O)N1c1ccc([N+](=O)[O-])cc1. The second kappa shape index (κ2) is 5.75. The lowest BCUT2D eigenvalue weighted by molar-refractivity contribution is -0.384. The molecule has 7 nitrogen and oxygen atoms in total. The molecule has 0 unspecified atom stereocenters. The Labute approximate surface area is 147 Å². The summed E-state index contributed by atoms with van der Waals surface area (Å²) in [7, 11) is 0. The summed E-state index contributed by atoms with van der Waals surface area (Å²) in [4.78, 5) is 25.0. The fourth-order valence-electron chi connectivity index (χ4n) is 2.81. The lowest BCUT2D eigenvalue weighted by Crippen LogP contribution is -2.28. The van der Waals surface area contributed by atoms with E-state index in [1.165, 1.54) is 40.9 Å². The number of nitrogens with zero attached hydrogens (tertiary/aromatic N) is 2. The zero-order valence-corrected chi connectivity index (χ0v) is 13.7. The number of benzene rings is 2. The Morgan fingerprint density at radius 2 is 1.88 bits per heavy atom. The molecule has 0 spiro atoms. The monoisotopic (exact) mass is 352 g/mol. The largest absolute Gasteiger partial charge is 0.349 e.